The first-order valence-electron chi connectivity index (χ1n) is 6.29. The van der Waals surface area contributed by atoms with Gasteiger partial charge < -0.3 is 0 Å². The van der Waals surface area contributed by atoms with Crippen molar-refractivity contribution in [3.8, 4) is 0 Å². The first-order chi connectivity index (χ1) is 9.49. The van der Waals surface area contributed by atoms with Crippen molar-refractivity contribution in [3.63, 3.8) is 0 Å². The van der Waals surface area contributed by atoms with E-state index in [1.807, 2.05) is 0 Å². The van der Waals surface area contributed by atoms with Crippen molar-refractivity contribution in [2.45, 2.75) is 18.2 Å². The molecule has 2 aromatic rings. The predicted octanol–water partition coefficient (Wildman–Crippen LogP) is 2.66. The summed E-state index contributed by atoms with van der Waals surface area (Å²) in [7, 11) is -3.51. The lowest BCUT2D eigenvalue weighted by molar-refractivity contribution is 0.581. The molecule has 0 saturated carbocycles. The van der Waals surface area contributed by atoms with Gasteiger partial charge in [0.25, 0.3) is 0 Å². The van der Waals surface area contributed by atoms with E-state index in [0.717, 1.165) is 5.56 Å². The van der Waals surface area contributed by atoms with Gasteiger partial charge in [-0.05, 0) is 42.7 Å². The summed E-state index contributed by atoms with van der Waals surface area (Å²) >= 11 is 0. The maximum absolute atomic E-state index is 13.0. The molecule has 0 aromatic heterocycles. The number of halogens is 1. The number of nitrogens with one attached hydrogen (secondary N) is 1. The van der Waals surface area contributed by atoms with Crippen LogP contribution in [0.5, 0.6) is 0 Å². The lowest BCUT2D eigenvalue weighted by atomic mass is 10.1. The van der Waals surface area contributed by atoms with Crippen LogP contribution in [0.3, 0.4) is 0 Å². The molecule has 106 valence electrons. The van der Waals surface area contributed by atoms with Crippen LogP contribution in [0.15, 0.2) is 53.4 Å². The normalized spacial score (nSPS) is 11.5. The fourth-order valence-electron chi connectivity index (χ4n) is 1.96. The summed E-state index contributed by atoms with van der Waals surface area (Å²) in [5.41, 5.74) is 1.46. The summed E-state index contributed by atoms with van der Waals surface area (Å²) in [6.07, 6.45) is 0.447. The number of aryl methyl sites for hydroxylation is 1. The average molecular weight is 293 g/mol. The molecule has 0 amide bonds. The highest BCUT2D eigenvalue weighted by atomic mass is 32.2. The average Bonchev–Trinajstić information content (AvgIpc) is 2.39. The Kier molecular flexibility index (Phi) is 4.52. The minimum absolute atomic E-state index is 0.236. The maximum Gasteiger partial charge on any atom is 0.240 e. The van der Waals surface area contributed by atoms with Crippen LogP contribution in [0.1, 0.15) is 11.1 Å². The first-order valence-corrected chi connectivity index (χ1v) is 7.77. The Labute approximate surface area is 118 Å². The second-order valence-electron chi connectivity index (χ2n) is 4.54. The molecule has 0 aliphatic heterocycles. The summed E-state index contributed by atoms with van der Waals surface area (Å²) in [5.74, 6) is -0.315. The third kappa shape index (κ3) is 3.65. The molecule has 0 heterocycles. The van der Waals surface area contributed by atoms with E-state index in [2.05, 4.69) is 4.72 Å². The van der Waals surface area contributed by atoms with Crippen LogP contribution in [-0.2, 0) is 16.4 Å². The van der Waals surface area contributed by atoms with Crippen LogP contribution in [0.2, 0.25) is 0 Å². The monoisotopic (exact) mass is 293 g/mol. The first kappa shape index (κ1) is 14.7. The molecule has 0 unspecified atom stereocenters. The number of hydrogen-bond acceptors (Lipinski definition) is 2. The minimum atomic E-state index is -3.51. The van der Waals surface area contributed by atoms with E-state index >= 15 is 0 Å². The van der Waals surface area contributed by atoms with Gasteiger partial charge in [-0.1, -0.05) is 30.3 Å². The molecule has 0 aliphatic rings. The summed E-state index contributed by atoms with van der Waals surface area (Å²) in [5, 5.41) is 0. The second kappa shape index (κ2) is 6.15. The Morgan fingerprint density at radius 3 is 2.55 bits per heavy atom. The van der Waals surface area contributed by atoms with Gasteiger partial charge >= 0.3 is 0 Å². The molecule has 1 N–H and O–H groups in total. The van der Waals surface area contributed by atoms with Crippen molar-refractivity contribution in [1.82, 2.24) is 4.72 Å². The Bertz CT molecular complexity index is 699. The smallest absolute Gasteiger partial charge is 0.211 e. The summed E-state index contributed by atoms with van der Waals surface area (Å²) in [6, 6.07) is 12.9. The topological polar surface area (TPSA) is 46.2 Å². The Hall–Kier alpha value is -1.72. The van der Waals surface area contributed by atoms with Crippen LogP contribution in [-0.4, -0.2) is 15.0 Å². The van der Waals surface area contributed by atoms with Crippen molar-refractivity contribution in [3.05, 3.63) is 65.5 Å². The van der Waals surface area contributed by atoms with Crippen molar-refractivity contribution in [2.75, 3.05) is 6.54 Å². The lowest BCUT2D eigenvalue weighted by Crippen LogP contribution is -2.26. The van der Waals surface area contributed by atoms with Crippen LogP contribution >= 0.6 is 0 Å². The zero-order valence-electron chi connectivity index (χ0n) is 11.1. The summed E-state index contributed by atoms with van der Waals surface area (Å²) in [6.45, 7) is 1.99. The van der Waals surface area contributed by atoms with Crippen LogP contribution in [0.25, 0.3) is 0 Å². The molecule has 0 radical (unpaired) electrons. The molecule has 0 bridgehead atoms. The number of sulfonamides is 1. The van der Waals surface area contributed by atoms with Gasteiger partial charge in [-0.3, -0.25) is 0 Å². The van der Waals surface area contributed by atoms with E-state index in [1.54, 1.807) is 43.3 Å². The van der Waals surface area contributed by atoms with Gasteiger partial charge in [0.15, 0.2) is 0 Å². The molecule has 0 spiro atoms. The van der Waals surface area contributed by atoms with Crippen molar-refractivity contribution in [1.29, 1.82) is 0 Å². The number of rotatable bonds is 5. The van der Waals surface area contributed by atoms with Crippen molar-refractivity contribution >= 4 is 10.0 Å². The van der Waals surface area contributed by atoms with E-state index in [4.69, 9.17) is 0 Å². The molecule has 0 aliphatic carbocycles. The highest BCUT2D eigenvalue weighted by Crippen LogP contribution is 2.13. The Morgan fingerprint density at radius 2 is 1.85 bits per heavy atom. The van der Waals surface area contributed by atoms with Crippen LogP contribution in [0.4, 0.5) is 4.39 Å². The SMILES string of the molecule is Cc1ccccc1S(=O)(=O)NCCc1cccc(F)c1. The third-order valence-electron chi connectivity index (χ3n) is 2.98. The molecule has 20 heavy (non-hydrogen) atoms. The molecule has 3 nitrogen and oxygen atoms in total. The van der Waals surface area contributed by atoms with E-state index < -0.39 is 10.0 Å². The minimum Gasteiger partial charge on any atom is -0.211 e. The fraction of sp³-hybridized carbons (Fsp3) is 0.200. The highest BCUT2D eigenvalue weighted by Gasteiger charge is 2.15. The summed E-state index contributed by atoms with van der Waals surface area (Å²) < 4.78 is 39.8. The Morgan fingerprint density at radius 1 is 1.10 bits per heavy atom. The van der Waals surface area contributed by atoms with Crippen LogP contribution in [0, 0.1) is 12.7 Å². The standard InChI is InChI=1S/C15H16FNO2S/c1-12-5-2-3-8-15(12)20(18,19)17-10-9-13-6-4-7-14(16)11-13/h2-8,11,17H,9-10H2,1H3. The maximum atomic E-state index is 13.0. The predicted molar refractivity (Wildman–Crippen MR) is 76.5 cm³/mol. The third-order valence-corrected chi connectivity index (χ3v) is 4.60. The van der Waals surface area contributed by atoms with Gasteiger partial charge in [0.2, 0.25) is 10.0 Å². The quantitative estimate of drug-likeness (QED) is 0.921. The molecule has 2 aromatic carbocycles. The van der Waals surface area contributed by atoms with Crippen LogP contribution < -0.4 is 4.72 Å². The van der Waals surface area contributed by atoms with Gasteiger partial charge in [0.1, 0.15) is 5.82 Å². The molecule has 0 fully saturated rings. The largest absolute Gasteiger partial charge is 0.240 e. The highest BCUT2D eigenvalue weighted by molar-refractivity contribution is 7.89. The van der Waals surface area contributed by atoms with Gasteiger partial charge in [-0.2, -0.15) is 0 Å². The summed E-state index contributed by atoms with van der Waals surface area (Å²) in [4.78, 5) is 0.277. The van der Waals surface area contributed by atoms with Gasteiger partial charge in [0, 0.05) is 6.54 Å². The van der Waals surface area contributed by atoms with E-state index in [-0.39, 0.29) is 17.3 Å². The number of benzene rings is 2. The zero-order chi connectivity index (χ0) is 14.6. The molecule has 5 heteroatoms. The number of hydrogen-bond donors (Lipinski definition) is 1. The lowest BCUT2D eigenvalue weighted by Gasteiger charge is -2.09. The Balaban J connectivity index is 2.02. The molecular formula is C15H16FNO2S. The van der Waals surface area contributed by atoms with E-state index in [0.29, 0.717) is 12.0 Å². The van der Waals surface area contributed by atoms with Gasteiger partial charge in [0.05, 0.1) is 4.90 Å². The van der Waals surface area contributed by atoms with Crippen molar-refractivity contribution < 1.29 is 12.8 Å². The van der Waals surface area contributed by atoms with E-state index in [1.165, 1.54) is 12.1 Å². The van der Waals surface area contributed by atoms with E-state index in [9.17, 15) is 12.8 Å². The zero-order valence-corrected chi connectivity index (χ0v) is 12.0. The van der Waals surface area contributed by atoms with Gasteiger partial charge in [-0.15, -0.1) is 0 Å². The van der Waals surface area contributed by atoms with Crippen molar-refractivity contribution in [2.24, 2.45) is 0 Å². The fourth-order valence-corrected chi connectivity index (χ4v) is 3.23. The molecular weight excluding hydrogens is 277 g/mol. The molecule has 0 atom stereocenters. The van der Waals surface area contributed by atoms with Gasteiger partial charge in [-0.25, -0.2) is 17.5 Å². The second-order valence-corrected chi connectivity index (χ2v) is 6.28. The molecule has 0 saturated heterocycles. The molecule has 2 rings (SSSR count).